The molecule has 1 atom stereocenters. The van der Waals surface area contributed by atoms with E-state index in [2.05, 4.69) is 27.1 Å². The van der Waals surface area contributed by atoms with E-state index in [0.717, 1.165) is 56.6 Å². The second-order valence-electron chi connectivity index (χ2n) is 11.3. The van der Waals surface area contributed by atoms with E-state index < -0.39 is 6.61 Å². The van der Waals surface area contributed by atoms with Gasteiger partial charge in [-0.05, 0) is 79.8 Å². The molecule has 1 saturated carbocycles. The van der Waals surface area contributed by atoms with Gasteiger partial charge in [-0.25, -0.2) is 0 Å². The van der Waals surface area contributed by atoms with Crippen LogP contribution in [0.2, 0.25) is 0 Å². The van der Waals surface area contributed by atoms with Gasteiger partial charge < -0.3 is 19.9 Å². The first-order chi connectivity index (χ1) is 18.4. The van der Waals surface area contributed by atoms with Gasteiger partial charge >= 0.3 is 6.61 Å². The average molecular weight is 562 g/mol. The smallest absolute Gasteiger partial charge is 0.387 e. The highest BCUT2D eigenvalue weighted by atomic mass is 35.5. The Bertz CT molecular complexity index is 1090. The Labute approximate surface area is 235 Å². The molecule has 39 heavy (non-hydrogen) atoms. The quantitative estimate of drug-likeness (QED) is 0.389. The van der Waals surface area contributed by atoms with Crippen LogP contribution in [-0.2, 0) is 16.1 Å². The summed E-state index contributed by atoms with van der Waals surface area (Å²) in [5.74, 6) is 1.00. The van der Waals surface area contributed by atoms with Crippen molar-refractivity contribution in [1.29, 1.82) is 0 Å². The maximum Gasteiger partial charge on any atom is 0.387 e. The van der Waals surface area contributed by atoms with Gasteiger partial charge in [0.25, 0.3) is 0 Å². The van der Waals surface area contributed by atoms with Gasteiger partial charge in [0.2, 0.25) is 11.8 Å². The highest BCUT2D eigenvalue weighted by molar-refractivity contribution is 5.85. The molecule has 2 aromatic rings. The number of ether oxygens (including phenoxy) is 1. The predicted molar refractivity (Wildman–Crippen MR) is 148 cm³/mol. The standard InChI is InChI=1S/C30H37F2N3O3.ClH/c31-29(32)38-25-10-8-23(9-11-25)20-35-21-30(19-28(35)37)13-16-34(17-14-30)15-12-26(24-4-2-1-3-5-24)33-27(36)18-22-6-7-22;/h1-5,8-11,22,26,29H,6-7,12-21H2,(H,33,36);1H/t26-;/m0./s1. The minimum absolute atomic E-state index is 0. The highest BCUT2D eigenvalue weighted by Gasteiger charge is 2.44. The molecule has 2 saturated heterocycles. The average Bonchev–Trinajstić information content (AvgIpc) is 3.67. The number of hydrogen-bond donors (Lipinski definition) is 1. The van der Waals surface area contributed by atoms with Gasteiger partial charge in [-0.15, -0.1) is 12.4 Å². The topological polar surface area (TPSA) is 61.9 Å². The molecule has 2 aliphatic heterocycles. The molecule has 6 nitrogen and oxygen atoms in total. The van der Waals surface area contributed by atoms with Crippen molar-refractivity contribution in [3.63, 3.8) is 0 Å². The van der Waals surface area contributed by atoms with Crippen molar-refractivity contribution < 1.29 is 23.1 Å². The number of benzene rings is 2. The number of rotatable bonds is 11. The molecule has 212 valence electrons. The van der Waals surface area contributed by atoms with E-state index in [1.54, 1.807) is 12.1 Å². The van der Waals surface area contributed by atoms with Gasteiger partial charge in [-0.2, -0.15) is 8.78 Å². The van der Waals surface area contributed by atoms with Crippen LogP contribution in [0.15, 0.2) is 54.6 Å². The van der Waals surface area contributed by atoms with Gasteiger partial charge in [0.15, 0.2) is 0 Å². The summed E-state index contributed by atoms with van der Waals surface area (Å²) in [5.41, 5.74) is 2.06. The third kappa shape index (κ3) is 8.15. The van der Waals surface area contributed by atoms with Gasteiger partial charge in [0.05, 0.1) is 6.04 Å². The molecule has 1 aliphatic carbocycles. The zero-order valence-corrected chi connectivity index (χ0v) is 23.0. The van der Waals surface area contributed by atoms with Crippen molar-refractivity contribution in [2.45, 2.75) is 64.1 Å². The van der Waals surface area contributed by atoms with Crippen LogP contribution in [0, 0.1) is 11.3 Å². The van der Waals surface area contributed by atoms with Gasteiger partial charge in [-0.1, -0.05) is 42.5 Å². The number of likely N-dealkylation sites (tertiary alicyclic amines) is 2. The summed E-state index contributed by atoms with van der Waals surface area (Å²) in [4.78, 5) is 29.8. The first kappa shape index (κ1) is 29.3. The van der Waals surface area contributed by atoms with Crippen LogP contribution in [0.3, 0.4) is 0 Å². The second-order valence-corrected chi connectivity index (χ2v) is 11.3. The summed E-state index contributed by atoms with van der Waals surface area (Å²) in [7, 11) is 0. The molecule has 2 aromatic carbocycles. The van der Waals surface area contributed by atoms with Crippen LogP contribution in [0.4, 0.5) is 8.78 Å². The third-order valence-electron chi connectivity index (χ3n) is 8.29. The van der Waals surface area contributed by atoms with Crippen LogP contribution < -0.4 is 10.1 Å². The molecule has 2 amide bonds. The summed E-state index contributed by atoms with van der Waals surface area (Å²) in [5, 5.41) is 3.28. The van der Waals surface area contributed by atoms with Crippen molar-refractivity contribution in [1.82, 2.24) is 15.1 Å². The number of nitrogens with one attached hydrogen (secondary N) is 1. The number of halogens is 3. The summed E-state index contributed by atoms with van der Waals surface area (Å²) in [6.07, 6.45) is 6.35. The molecule has 1 spiro atoms. The molecule has 2 heterocycles. The zero-order valence-electron chi connectivity index (χ0n) is 22.2. The maximum absolute atomic E-state index is 12.8. The Morgan fingerprint density at radius 3 is 2.38 bits per heavy atom. The molecule has 9 heteroatoms. The fourth-order valence-electron chi connectivity index (χ4n) is 5.86. The molecular weight excluding hydrogens is 524 g/mol. The monoisotopic (exact) mass is 561 g/mol. The lowest BCUT2D eigenvalue weighted by atomic mass is 9.77. The molecule has 0 unspecified atom stereocenters. The first-order valence-corrected chi connectivity index (χ1v) is 13.8. The molecule has 0 bridgehead atoms. The lowest BCUT2D eigenvalue weighted by molar-refractivity contribution is -0.128. The summed E-state index contributed by atoms with van der Waals surface area (Å²) >= 11 is 0. The van der Waals surface area contributed by atoms with E-state index >= 15 is 0 Å². The third-order valence-corrected chi connectivity index (χ3v) is 8.29. The van der Waals surface area contributed by atoms with Gasteiger partial charge in [0.1, 0.15) is 5.75 Å². The predicted octanol–water partition coefficient (Wildman–Crippen LogP) is 5.57. The number of amides is 2. The molecule has 3 aliphatic rings. The molecule has 5 rings (SSSR count). The Kier molecular flexibility index (Phi) is 9.83. The number of hydrogen-bond acceptors (Lipinski definition) is 4. The van der Waals surface area contributed by atoms with Crippen molar-refractivity contribution in [3.05, 3.63) is 65.7 Å². The molecule has 3 fully saturated rings. The Hall–Kier alpha value is -2.71. The maximum atomic E-state index is 12.8. The van der Waals surface area contributed by atoms with E-state index in [9.17, 15) is 18.4 Å². The number of carbonyl (C=O) groups excluding carboxylic acids is 2. The molecule has 0 radical (unpaired) electrons. The Morgan fingerprint density at radius 1 is 1.05 bits per heavy atom. The van der Waals surface area contributed by atoms with Crippen LogP contribution in [0.25, 0.3) is 0 Å². The number of piperidine rings is 1. The van der Waals surface area contributed by atoms with Crippen molar-refractivity contribution in [2.75, 3.05) is 26.2 Å². The van der Waals surface area contributed by atoms with E-state index in [0.29, 0.717) is 25.3 Å². The fraction of sp³-hybridized carbons (Fsp3) is 0.533. The minimum atomic E-state index is -2.85. The molecule has 0 aromatic heterocycles. The number of carbonyl (C=O) groups is 2. The summed E-state index contributed by atoms with van der Waals surface area (Å²) in [6.45, 7) is 1.17. The first-order valence-electron chi connectivity index (χ1n) is 13.8. The van der Waals surface area contributed by atoms with Crippen molar-refractivity contribution >= 4 is 24.2 Å². The largest absolute Gasteiger partial charge is 0.435 e. The molecular formula is C30H38ClF2N3O3. The van der Waals surface area contributed by atoms with E-state index in [1.807, 2.05) is 23.1 Å². The SMILES string of the molecule is Cl.O=C(CC1CC1)N[C@@H](CCN1CCC2(CC1)CC(=O)N(Cc1ccc(OC(F)F)cc1)C2)c1ccccc1. The van der Waals surface area contributed by atoms with Crippen molar-refractivity contribution in [2.24, 2.45) is 11.3 Å². The van der Waals surface area contributed by atoms with E-state index in [4.69, 9.17) is 0 Å². The summed E-state index contributed by atoms with van der Waals surface area (Å²) < 4.78 is 29.2. The van der Waals surface area contributed by atoms with E-state index in [1.165, 1.54) is 25.0 Å². The van der Waals surface area contributed by atoms with Crippen molar-refractivity contribution in [3.8, 4) is 5.75 Å². The van der Waals surface area contributed by atoms with Gasteiger partial charge in [0, 0.05) is 32.5 Å². The second kappa shape index (κ2) is 13.1. The van der Waals surface area contributed by atoms with Crippen LogP contribution >= 0.6 is 12.4 Å². The minimum Gasteiger partial charge on any atom is -0.435 e. The highest BCUT2D eigenvalue weighted by Crippen LogP contribution is 2.41. The zero-order chi connectivity index (χ0) is 26.5. The number of nitrogens with zero attached hydrogens (tertiary/aromatic N) is 2. The van der Waals surface area contributed by atoms with Gasteiger partial charge in [-0.3, -0.25) is 9.59 Å². The fourth-order valence-corrected chi connectivity index (χ4v) is 5.86. The summed E-state index contributed by atoms with van der Waals surface area (Å²) in [6, 6.07) is 16.8. The van der Waals surface area contributed by atoms with E-state index in [-0.39, 0.29) is 41.4 Å². The lowest BCUT2D eigenvalue weighted by Crippen LogP contribution is -2.42. The normalized spacial score (nSPS) is 19.7. The van der Waals surface area contributed by atoms with Crippen LogP contribution in [0.1, 0.15) is 62.1 Å². The Morgan fingerprint density at radius 2 is 1.74 bits per heavy atom. The Balaban J connectivity index is 0.00000353. The van der Waals surface area contributed by atoms with Crippen LogP contribution in [0.5, 0.6) is 5.75 Å². The van der Waals surface area contributed by atoms with Crippen LogP contribution in [-0.4, -0.2) is 54.4 Å². The number of alkyl halides is 2. The lowest BCUT2D eigenvalue weighted by Gasteiger charge is -2.39. The molecule has 1 N–H and O–H groups in total.